The average Bonchev–Trinajstić information content (AvgIpc) is 1.58. The first-order valence-electron chi connectivity index (χ1n) is 32.3. The Bertz CT molecular complexity index is 5750. The molecule has 0 spiro atoms. The van der Waals surface area contributed by atoms with E-state index >= 15 is 0 Å². The first kappa shape index (κ1) is 54.4. The molecule has 0 aliphatic rings. The van der Waals surface area contributed by atoms with Crippen molar-refractivity contribution in [1.29, 1.82) is 0 Å². The van der Waals surface area contributed by atoms with E-state index in [0.29, 0.717) is 0 Å². The van der Waals surface area contributed by atoms with E-state index in [4.69, 9.17) is 0 Å². The van der Waals surface area contributed by atoms with Crippen LogP contribution in [0.15, 0.2) is 364 Å². The Hall–Kier alpha value is -12.5. The van der Waals surface area contributed by atoms with Crippen LogP contribution >= 0.6 is 0 Å². The molecule has 3 aromatic heterocycles. The lowest BCUT2D eigenvalue weighted by Gasteiger charge is -2.26. The average molecular weight is 1200 g/mol. The molecule has 0 bridgehead atoms. The first-order chi connectivity index (χ1) is 46.6. The molecule has 0 radical (unpaired) electrons. The van der Waals surface area contributed by atoms with Crippen molar-refractivity contribution in [3.63, 3.8) is 0 Å². The van der Waals surface area contributed by atoms with Crippen molar-refractivity contribution in [2.24, 2.45) is 0 Å². The van der Waals surface area contributed by atoms with Crippen LogP contribution in [0.1, 0.15) is 0 Å². The Balaban J connectivity index is 0.777. The van der Waals surface area contributed by atoms with Gasteiger partial charge in [-0.25, -0.2) is 0 Å². The monoisotopic (exact) mass is 1200 g/mol. The zero-order chi connectivity index (χ0) is 62.1. The molecule has 4 nitrogen and oxygen atoms in total. The van der Waals surface area contributed by atoms with Crippen LogP contribution < -0.4 is 4.90 Å². The summed E-state index contributed by atoms with van der Waals surface area (Å²) in [6.45, 7) is 0. The van der Waals surface area contributed by atoms with Gasteiger partial charge in [0.2, 0.25) is 0 Å². The summed E-state index contributed by atoms with van der Waals surface area (Å²) in [5.74, 6) is 0. The maximum Gasteiger partial charge on any atom is 0.0542 e. The standard InChI is InChI=1S/C90H60N4/c1-7-19-61(20-8-1)66-31-40-74(41-32-66)91(75-42-33-67(34-43-75)62-21-9-2-10-22-62)76-44-46-77(47-45-76)93-85-49-35-68(63-23-11-3-12-24-63)55-79(85)81-58-71(38-52-86(81)93)72-39-53-89-82(59-72)80-56-69(64-25-13-4-14-26-64)37-51-88(80)94(89)78-48-54-90-84(60-78)83-57-70(65-27-15-5-16-28-65)36-50-87(83)92(90)73-29-17-6-18-30-73/h1-60H. The molecule has 94 heavy (non-hydrogen) atoms. The number of nitrogens with zero attached hydrogens (tertiary/aromatic N) is 4. The summed E-state index contributed by atoms with van der Waals surface area (Å²) >= 11 is 0. The van der Waals surface area contributed by atoms with Gasteiger partial charge >= 0.3 is 0 Å². The third-order valence-electron chi connectivity index (χ3n) is 19.0. The largest absolute Gasteiger partial charge is 0.311 e. The molecule has 3 heterocycles. The summed E-state index contributed by atoms with van der Waals surface area (Å²) in [6, 6.07) is 133. The lowest BCUT2D eigenvalue weighted by atomic mass is 9.98. The summed E-state index contributed by atoms with van der Waals surface area (Å²) in [7, 11) is 0. The minimum Gasteiger partial charge on any atom is -0.311 e. The van der Waals surface area contributed by atoms with Crippen LogP contribution in [0.2, 0.25) is 0 Å². The predicted octanol–water partition coefficient (Wildman–Crippen LogP) is 24.4. The van der Waals surface area contributed by atoms with Gasteiger partial charge in [-0.05, 0) is 206 Å². The molecular formula is C90H60N4. The second-order valence-electron chi connectivity index (χ2n) is 24.5. The minimum absolute atomic E-state index is 1.07. The van der Waals surface area contributed by atoms with Gasteiger partial charge in [-0.3, -0.25) is 0 Å². The van der Waals surface area contributed by atoms with E-state index in [1.807, 2.05) is 0 Å². The summed E-state index contributed by atoms with van der Waals surface area (Å²) in [5, 5.41) is 7.22. The van der Waals surface area contributed by atoms with Gasteiger partial charge in [0.1, 0.15) is 0 Å². The van der Waals surface area contributed by atoms with Crippen LogP contribution in [-0.2, 0) is 0 Å². The molecule has 0 N–H and O–H groups in total. The van der Waals surface area contributed by atoms with E-state index in [1.54, 1.807) is 0 Å². The minimum atomic E-state index is 1.07. The van der Waals surface area contributed by atoms with Crippen molar-refractivity contribution in [3.05, 3.63) is 364 Å². The van der Waals surface area contributed by atoms with Crippen LogP contribution in [0, 0.1) is 0 Å². The van der Waals surface area contributed by atoms with E-state index in [-0.39, 0.29) is 0 Å². The highest BCUT2D eigenvalue weighted by molar-refractivity contribution is 6.15. The van der Waals surface area contributed by atoms with Crippen LogP contribution in [0.3, 0.4) is 0 Å². The van der Waals surface area contributed by atoms with Crippen molar-refractivity contribution in [1.82, 2.24) is 13.7 Å². The molecule has 0 fully saturated rings. The molecule has 0 aliphatic heterocycles. The Kier molecular flexibility index (Phi) is 13.2. The molecule has 0 unspecified atom stereocenters. The third-order valence-corrected chi connectivity index (χ3v) is 19.0. The lowest BCUT2D eigenvalue weighted by molar-refractivity contribution is 1.17. The molecule has 440 valence electrons. The van der Waals surface area contributed by atoms with Crippen LogP contribution in [0.4, 0.5) is 17.1 Å². The van der Waals surface area contributed by atoms with Crippen molar-refractivity contribution >= 4 is 82.5 Å². The number of hydrogen-bond acceptors (Lipinski definition) is 1. The highest BCUT2D eigenvalue weighted by Crippen LogP contribution is 2.44. The van der Waals surface area contributed by atoms with E-state index < -0.39 is 0 Å². The van der Waals surface area contributed by atoms with E-state index in [2.05, 4.69) is 383 Å². The Morgan fingerprint density at radius 2 is 0.351 bits per heavy atom. The van der Waals surface area contributed by atoms with Crippen molar-refractivity contribution < 1.29 is 0 Å². The molecule has 0 amide bonds. The van der Waals surface area contributed by atoms with Gasteiger partial charge in [0.25, 0.3) is 0 Å². The zero-order valence-electron chi connectivity index (χ0n) is 51.4. The first-order valence-corrected chi connectivity index (χ1v) is 32.3. The Labute approximate surface area is 545 Å². The molecule has 15 aromatic carbocycles. The maximum absolute atomic E-state index is 2.48. The molecule has 0 saturated carbocycles. The van der Waals surface area contributed by atoms with Gasteiger partial charge in [-0.1, -0.05) is 224 Å². The second-order valence-corrected chi connectivity index (χ2v) is 24.5. The van der Waals surface area contributed by atoms with Gasteiger partial charge in [0.15, 0.2) is 0 Å². The number of fused-ring (bicyclic) bond motifs is 9. The van der Waals surface area contributed by atoms with Gasteiger partial charge in [-0.2, -0.15) is 0 Å². The van der Waals surface area contributed by atoms with Gasteiger partial charge in [0.05, 0.1) is 33.1 Å². The van der Waals surface area contributed by atoms with E-state index in [1.165, 1.54) is 99.0 Å². The Morgan fingerprint density at radius 3 is 0.670 bits per heavy atom. The summed E-state index contributed by atoms with van der Waals surface area (Å²) in [5.41, 5.74) is 27.8. The topological polar surface area (TPSA) is 18.0 Å². The maximum atomic E-state index is 2.48. The SMILES string of the molecule is c1ccc(-c2ccc(N(c3ccc(-c4ccccc4)cc3)c3ccc(-n4c5ccc(-c6ccccc6)cc5c5cc(-c6ccc7c(c6)c6cc(-c8ccccc8)ccc6n7-c6ccc7c(c6)c6cc(-c8ccccc8)ccc6n7-c6ccccc6)ccc54)cc3)cc2)cc1. The highest BCUT2D eigenvalue weighted by Gasteiger charge is 2.22. The van der Waals surface area contributed by atoms with E-state index in [0.717, 1.165) is 67.3 Å². The predicted molar refractivity (Wildman–Crippen MR) is 397 cm³/mol. The molecule has 18 aromatic rings. The summed E-state index contributed by atoms with van der Waals surface area (Å²) in [6.07, 6.45) is 0. The fourth-order valence-electron chi connectivity index (χ4n) is 14.5. The van der Waals surface area contributed by atoms with Crippen LogP contribution in [0.25, 0.3) is 149 Å². The smallest absolute Gasteiger partial charge is 0.0542 e. The molecule has 0 saturated heterocycles. The number of benzene rings is 15. The molecule has 0 aliphatic carbocycles. The fourth-order valence-corrected chi connectivity index (χ4v) is 14.5. The Morgan fingerprint density at radius 1 is 0.149 bits per heavy atom. The zero-order valence-corrected chi connectivity index (χ0v) is 51.4. The van der Waals surface area contributed by atoms with Crippen molar-refractivity contribution in [2.45, 2.75) is 0 Å². The van der Waals surface area contributed by atoms with Crippen LogP contribution in [-0.4, -0.2) is 13.7 Å². The lowest BCUT2D eigenvalue weighted by Crippen LogP contribution is -2.10. The number of para-hydroxylation sites is 1. The van der Waals surface area contributed by atoms with Crippen molar-refractivity contribution in [3.8, 4) is 83.8 Å². The molecular weight excluding hydrogens is 1140 g/mol. The summed E-state index contributed by atoms with van der Waals surface area (Å²) in [4.78, 5) is 2.36. The second kappa shape index (κ2) is 22.8. The molecule has 18 rings (SSSR count). The summed E-state index contributed by atoms with van der Waals surface area (Å²) < 4.78 is 7.33. The fraction of sp³-hybridized carbons (Fsp3) is 0. The van der Waals surface area contributed by atoms with Gasteiger partial charge < -0.3 is 18.6 Å². The number of rotatable bonds is 12. The van der Waals surface area contributed by atoms with E-state index in [9.17, 15) is 0 Å². The number of aromatic nitrogens is 3. The molecule has 4 heteroatoms. The number of hydrogen-bond donors (Lipinski definition) is 0. The highest BCUT2D eigenvalue weighted by atomic mass is 15.1. The quantitative estimate of drug-likeness (QED) is 0.119. The van der Waals surface area contributed by atoms with Crippen molar-refractivity contribution in [2.75, 3.05) is 4.90 Å². The number of anilines is 3. The third kappa shape index (κ3) is 9.47. The van der Waals surface area contributed by atoms with Gasteiger partial charge in [0, 0.05) is 66.4 Å². The van der Waals surface area contributed by atoms with Crippen LogP contribution in [0.5, 0.6) is 0 Å². The van der Waals surface area contributed by atoms with Gasteiger partial charge in [-0.15, -0.1) is 0 Å². The normalized spacial score (nSPS) is 11.6. The molecule has 0 atom stereocenters.